The van der Waals surface area contributed by atoms with E-state index in [1.165, 1.54) is 0 Å². The fraction of sp³-hybridized carbons (Fsp3) is 0.0667. The number of fused-ring (bicyclic) bond motifs is 1. The number of aromatic nitrogens is 2. The quantitative estimate of drug-likeness (QED) is 0.330. The van der Waals surface area contributed by atoms with Gasteiger partial charge in [-0.1, -0.05) is 29.4 Å². The van der Waals surface area contributed by atoms with Gasteiger partial charge in [-0.25, -0.2) is 0 Å². The van der Waals surface area contributed by atoms with Crippen molar-refractivity contribution in [2.24, 2.45) is 10.9 Å². The maximum absolute atomic E-state index is 8.81. The second-order valence-corrected chi connectivity index (χ2v) is 4.50. The molecule has 1 aromatic carbocycles. The summed E-state index contributed by atoms with van der Waals surface area (Å²) >= 11 is 0. The Morgan fingerprint density at radius 2 is 2.05 bits per heavy atom. The first-order chi connectivity index (χ1) is 9.79. The summed E-state index contributed by atoms with van der Waals surface area (Å²) in [6.45, 7) is 0.618. The minimum atomic E-state index is 0.100. The minimum absolute atomic E-state index is 0.100. The number of nitrogens with zero attached hydrogens (tertiary/aromatic N) is 3. The Hall–Kier alpha value is -2.82. The van der Waals surface area contributed by atoms with Gasteiger partial charge in [0, 0.05) is 24.3 Å². The summed E-state index contributed by atoms with van der Waals surface area (Å²) in [5.74, 6) is 0.100. The molecule has 0 bridgehead atoms. The van der Waals surface area contributed by atoms with Gasteiger partial charge in [0.1, 0.15) is 0 Å². The van der Waals surface area contributed by atoms with Crippen LogP contribution in [-0.4, -0.2) is 20.6 Å². The molecule has 0 aliphatic rings. The van der Waals surface area contributed by atoms with Crippen molar-refractivity contribution in [1.29, 1.82) is 0 Å². The average molecular weight is 266 g/mol. The van der Waals surface area contributed by atoms with Gasteiger partial charge in [0.15, 0.2) is 5.84 Å². The van der Waals surface area contributed by atoms with Crippen LogP contribution in [-0.2, 0) is 6.54 Å². The third-order valence-electron chi connectivity index (χ3n) is 3.26. The largest absolute Gasteiger partial charge is 0.409 e. The van der Waals surface area contributed by atoms with Crippen LogP contribution in [0.4, 0.5) is 0 Å². The van der Waals surface area contributed by atoms with E-state index < -0.39 is 0 Å². The molecule has 0 atom stereocenters. The van der Waals surface area contributed by atoms with Crippen LogP contribution in [0, 0.1) is 0 Å². The van der Waals surface area contributed by atoms with E-state index in [4.69, 9.17) is 10.9 Å². The first kappa shape index (κ1) is 12.2. The van der Waals surface area contributed by atoms with Crippen LogP contribution < -0.4 is 5.73 Å². The van der Waals surface area contributed by atoms with Gasteiger partial charge in [0.05, 0.1) is 11.2 Å². The molecule has 5 heteroatoms. The topological polar surface area (TPSA) is 76.4 Å². The van der Waals surface area contributed by atoms with E-state index in [-0.39, 0.29) is 5.84 Å². The lowest BCUT2D eigenvalue weighted by molar-refractivity contribution is 0.318. The zero-order valence-corrected chi connectivity index (χ0v) is 10.8. The summed E-state index contributed by atoms with van der Waals surface area (Å²) in [4.78, 5) is 4.43. The van der Waals surface area contributed by atoms with E-state index >= 15 is 0 Å². The zero-order valence-electron chi connectivity index (χ0n) is 10.8. The second kappa shape index (κ2) is 5.05. The maximum Gasteiger partial charge on any atom is 0.186 e. The first-order valence-electron chi connectivity index (χ1n) is 6.25. The lowest BCUT2D eigenvalue weighted by Crippen LogP contribution is -2.18. The summed E-state index contributed by atoms with van der Waals surface area (Å²) in [6, 6.07) is 13.7. The van der Waals surface area contributed by atoms with E-state index in [9.17, 15) is 0 Å². The standard InChI is InChI=1S/C15H14N4O/c16-15(18-20)13-7-3-9-19(13)10-12-5-1-4-11-6-2-8-17-14(11)12/h1-9,20H,10H2,(H2,16,18). The van der Waals surface area contributed by atoms with Crippen molar-refractivity contribution >= 4 is 16.7 Å². The van der Waals surface area contributed by atoms with Gasteiger partial charge in [-0.3, -0.25) is 4.98 Å². The SMILES string of the molecule is N/C(=N/O)c1cccn1Cc1cccc2cccnc12. The van der Waals surface area contributed by atoms with Crippen molar-refractivity contribution < 1.29 is 5.21 Å². The highest BCUT2D eigenvalue weighted by molar-refractivity contribution is 5.95. The highest BCUT2D eigenvalue weighted by Gasteiger charge is 2.08. The minimum Gasteiger partial charge on any atom is -0.409 e. The fourth-order valence-electron chi connectivity index (χ4n) is 2.31. The molecule has 0 radical (unpaired) electrons. The molecule has 2 aromatic heterocycles. The Morgan fingerprint density at radius 3 is 2.90 bits per heavy atom. The molecular formula is C15H14N4O. The molecule has 0 fully saturated rings. The molecule has 3 aromatic rings. The van der Waals surface area contributed by atoms with Crippen LogP contribution in [0.5, 0.6) is 0 Å². The third-order valence-corrected chi connectivity index (χ3v) is 3.26. The van der Waals surface area contributed by atoms with Crippen molar-refractivity contribution in [1.82, 2.24) is 9.55 Å². The van der Waals surface area contributed by atoms with Crippen molar-refractivity contribution in [3.8, 4) is 0 Å². The van der Waals surface area contributed by atoms with Gasteiger partial charge < -0.3 is 15.5 Å². The summed E-state index contributed by atoms with van der Waals surface area (Å²) in [5.41, 5.74) is 8.41. The van der Waals surface area contributed by atoms with Crippen molar-refractivity contribution in [2.45, 2.75) is 6.54 Å². The smallest absolute Gasteiger partial charge is 0.186 e. The molecule has 3 N–H and O–H groups in total. The molecule has 2 heterocycles. The van der Waals surface area contributed by atoms with Gasteiger partial charge in [-0.2, -0.15) is 0 Å². The summed E-state index contributed by atoms with van der Waals surface area (Å²) in [6.07, 6.45) is 3.68. The van der Waals surface area contributed by atoms with Gasteiger partial charge in [-0.15, -0.1) is 0 Å². The number of hydrogen-bond acceptors (Lipinski definition) is 3. The van der Waals surface area contributed by atoms with Crippen LogP contribution >= 0.6 is 0 Å². The lowest BCUT2D eigenvalue weighted by Gasteiger charge is -2.10. The van der Waals surface area contributed by atoms with E-state index in [0.717, 1.165) is 16.5 Å². The highest BCUT2D eigenvalue weighted by atomic mass is 16.4. The number of benzene rings is 1. The van der Waals surface area contributed by atoms with E-state index in [1.54, 1.807) is 6.20 Å². The Labute approximate surface area is 116 Å². The summed E-state index contributed by atoms with van der Waals surface area (Å²) in [5, 5.41) is 13.0. The predicted molar refractivity (Wildman–Crippen MR) is 77.8 cm³/mol. The molecule has 0 spiro atoms. The number of rotatable bonds is 3. The normalized spacial score (nSPS) is 11.9. The van der Waals surface area contributed by atoms with Crippen molar-refractivity contribution in [3.05, 3.63) is 66.1 Å². The molecule has 0 saturated heterocycles. The lowest BCUT2D eigenvalue weighted by atomic mass is 10.1. The zero-order chi connectivity index (χ0) is 13.9. The highest BCUT2D eigenvalue weighted by Crippen LogP contribution is 2.18. The number of amidine groups is 1. The Morgan fingerprint density at radius 1 is 1.20 bits per heavy atom. The Kier molecular flexibility index (Phi) is 3.09. The molecule has 3 rings (SSSR count). The second-order valence-electron chi connectivity index (χ2n) is 4.50. The summed E-state index contributed by atoms with van der Waals surface area (Å²) in [7, 11) is 0. The number of pyridine rings is 1. The molecule has 100 valence electrons. The Balaban J connectivity index is 2.04. The van der Waals surface area contributed by atoms with Crippen LogP contribution in [0.15, 0.2) is 60.0 Å². The van der Waals surface area contributed by atoms with E-state index in [0.29, 0.717) is 12.2 Å². The van der Waals surface area contributed by atoms with Crippen LogP contribution in [0.2, 0.25) is 0 Å². The average Bonchev–Trinajstić information content (AvgIpc) is 2.95. The molecule has 0 aliphatic heterocycles. The summed E-state index contributed by atoms with van der Waals surface area (Å²) < 4.78 is 1.93. The van der Waals surface area contributed by atoms with Gasteiger partial charge in [0.25, 0.3) is 0 Å². The van der Waals surface area contributed by atoms with Crippen LogP contribution in [0.25, 0.3) is 10.9 Å². The van der Waals surface area contributed by atoms with Crippen LogP contribution in [0.1, 0.15) is 11.3 Å². The Bertz CT molecular complexity index is 771. The molecular weight excluding hydrogens is 252 g/mol. The molecule has 0 unspecified atom stereocenters. The van der Waals surface area contributed by atoms with Gasteiger partial charge in [0.2, 0.25) is 0 Å². The van der Waals surface area contributed by atoms with Crippen molar-refractivity contribution in [2.75, 3.05) is 0 Å². The molecule has 0 amide bonds. The monoisotopic (exact) mass is 266 g/mol. The van der Waals surface area contributed by atoms with Crippen LogP contribution in [0.3, 0.4) is 0 Å². The third kappa shape index (κ3) is 2.09. The fourth-order valence-corrected chi connectivity index (χ4v) is 2.31. The van der Waals surface area contributed by atoms with Crippen molar-refractivity contribution in [3.63, 3.8) is 0 Å². The first-order valence-corrected chi connectivity index (χ1v) is 6.25. The number of oxime groups is 1. The van der Waals surface area contributed by atoms with Gasteiger partial charge in [-0.05, 0) is 23.8 Å². The van der Waals surface area contributed by atoms with E-state index in [2.05, 4.69) is 10.1 Å². The number of para-hydroxylation sites is 1. The molecule has 0 aliphatic carbocycles. The predicted octanol–water partition coefficient (Wildman–Crippen LogP) is 2.18. The van der Waals surface area contributed by atoms with Gasteiger partial charge >= 0.3 is 0 Å². The number of nitrogens with two attached hydrogens (primary N) is 1. The number of hydrogen-bond donors (Lipinski definition) is 2. The molecule has 0 saturated carbocycles. The maximum atomic E-state index is 8.81. The molecule has 5 nitrogen and oxygen atoms in total. The molecule has 20 heavy (non-hydrogen) atoms. The van der Waals surface area contributed by atoms with E-state index in [1.807, 2.05) is 53.2 Å².